The number of thioether (sulfide) groups is 1. The summed E-state index contributed by atoms with van der Waals surface area (Å²) in [6.45, 7) is 3.87. The van der Waals surface area contributed by atoms with Gasteiger partial charge in [0.1, 0.15) is 10.1 Å². The maximum Gasteiger partial charge on any atom is 0.266 e. The molecule has 2 atom stereocenters. The molecule has 196 valence electrons. The summed E-state index contributed by atoms with van der Waals surface area (Å²) >= 11 is 25.0. The van der Waals surface area contributed by atoms with Crippen molar-refractivity contribution in [3.8, 4) is 5.75 Å². The minimum atomic E-state index is -1.93. The smallest absolute Gasteiger partial charge is 0.266 e. The Morgan fingerprint density at radius 2 is 1.66 bits per heavy atom. The Hall–Kier alpha value is -2.55. The van der Waals surface area contributed by atoms with Crippen LogP contribution in [0.2, 0.25) is 0 Å². The third-order valence-corrected chi connectivity index (χ3v) is 7.72. The predicted octanol–water partition coefficient (Wildman–Crippen LogP) is 7.46. The van der Waals surface area contributed by atoms with E-state index in [9.17, 15) is 9.59 Å². The molecule has 0 radical (unpaired) electrons. The van der Waals surface area contributed by atoms with Crippen molar-refractivity contribution in [1.82, 2.24) is 10.2 Å². The van der Waals surface area contributed by atoms with Crippen molar-refractivity contribution in [3.05, 3.63) is 106 Å². The van der Waals surface area contributed by atoms with E-state index in [-0.39, 0.29) is 11.9 Å². The summed E-state index contributed by atoms with van der Waals surface area (Å²) in [6, 6.07) is 23.4. The number of halogens is 3. The van der Waals surface area contributed by atoms with Gasteiger partial charge in [0.2, 0.25) is 10.0 Å². The molecular weight excluding hydrogens is 583 g/mol. The second-order valence-electron chi connectivity index (χ2n) is 8.59. The van der Waals surface area contributed by atoms with E-state index in [1.54, 1.807) is 47.4 Å². The first-order chi connectivity index (χ1) is 18.0. The summed E-state index contributed by atoms with van der Waals surface area (Å²) in [4.78, 5) is 27.9. The number of thiocarbonyl (C=S) groups is 1. The predicted molar refractivity (Wildman–Crippen MR) is 160 cm³/mol. The molecule has 1 heterocycles. The zero-order chi connectivity index (χ0) is 27.4. The topological polar surface area (TPSA) is 58.6 Å². The number of alkyl halides is 3. The first-order valence-electron chi connectivity index (χ1n) is 11.6. The van der Waals surface area contributed by atoms with Crippen LogP contribution in [0.4, 0.5) is 0 Å². The molecule has 0 spiro atoms. The molecule has 4 rings (SSSR count). The number of aryl methyl sites for hydroxylation is 1. The molecule has 2 amide bonds. The molecule has 1 aliphatic rings. The van der Waals surface area contributed by atoms with Crippen LogP contribution >= 0.6 is 58.8 Å². The fraction of sp³-hybridized carbons (Fsp3) is 0.179. The van der Waals surface area contributed by atoms with Crippen LogP contribution in [-0.2, 0) is 4.79 Å². The largest absolute Gasteiger partial charge is 0.466 e. The number of amides is 2. The van der Waals surface area contributed by atoms with Crippen LogP contribution in [0.25, 0.3) is 6.08 Å². The molecule has 0 bridgehead atoms. The number of carbonyl (C=O) groups excluding carboxylic acids is 2. The van der Waals surface area contributed by atoms with Crippen LogP contribution in [0.3, 0.4) is 0 Å². The Morgan fingerprint density at radius 3 is 2.26 bits per heavy atom. The zero-order valence-corrected chi connectivity index (χ0v) is 24.3. The fourth-order valence-corrected chi connectivity index (χ4v) is 5.43. The maximum absolute atomic E-state index is 13.1. The van der Waals surface area contributed by atoms with Crippen LogP contribution < -0.4 is 10.1 Å². The molecule has 1 fully saturated rings. The molecule has 38 heavy (non-hydrogen) atoms. The lowest BCUT2D eigenvalue weighted by molar-refractivity contribution is -0.123. The highest BCUT2D eigenvalue weighted by atomic mass is 35.6. The number of hydrogen-bond donors (Lipinski definition) is 1. The molecule has 0 aromatic heterocycles. The number of rotatable bonds is 7. The second-order valence-corrected chi connectivity index (χ2v) is 12.6. The first kappa shape index (κ1) is 28.5. The van der Waals surface area contributed by atoms with Gasteiger partial charge in [0.05, 0.1) is 10.9 Å². The van der Waals surface area contributed by atoms with Crippen LogP contribution in [0.15, 0.2) is 83.8 Å². The first-order valence-corrected chi connectivity index (χ1v) is 13.9. The number of nitrogens with zero attached hydrogens (tertiary/aromatic N) is 1. The zero-order valence-electron chi connectivity index (χ0n) is 20.4. The van der Waals surface area contributed by atoms with E-state index in [1.165, 1.54) is 11.8 Å². The van der Waals surface area contributed by atoms with Crippen molar-refractivity contribution in [1.29, 1.82) is 0 Å². The van der Waals surface area contributed by atoms with Gasteiger partial charge in [0.25, 0.3) is 11.8 Å². The standard InChI is InChI=1S/C28H23Cl3N2O3S2/c1-17-8-12-21(13-9-17)24(34)32-26(28(29,30)31)36-22-14-10-19(11-15-22)16-23-25(35)33(27(37)38-23)18(2)20-6-4-3-5-7-20/h3-16,18,26H,1-2H3,(H,32,34). The van der Waals surface area contributed by atoms with Crippen molar-refractivity contribution >= 4 is 81.0 Å². The molecule has 2 unspecified atom stereocenters. The molecule has 0 aliphatic carbocycles. The van der Waals surface area contributed by atoms with Crippen molar-refractivity contribution in [3.63, 3.8) is 0 Å². The number of benzene rings is 3. The van der Waals surface area contributed by atoms with Crippen molar-refractivity contribution in [2.45, 2.75) is 29.9 Å². The summed E-state index contributed by atoms with van der Waals surface area (Å²) < 4.78 is 4.38. The Balaban J connectivity index is 1.45. The highest BCUT2D eigenvalue weighted by molar-refractivity contribution is 8.26. The van der Waals surface area contributed by atoms with E-state index in [0.717, 1.165) is 16.7 Å². The van der Waals surface area contributed by atoms with Gasteiger partial charge in [-0.2, -0.15) is 0 Å². The number of nitrogens with one attached hydrogen (secondary N) is 1. The van der Waals surface area contributed by atoms with Crippen LogP contribution in [-0.4, -0.2) is 31.1 Å². The Kier molecular flexibility index (Phi) is 9.06. The summed E-state index contributed by atoms with van der Waals surface area (Å²) in [7, 11) is 0. The van der Waals surface area contributed by atoms with Crippen LogP contribution in [0.5, 0.6) is 5.75 Å². The molecule has 1 N–H and O–H groups in total. The van der Waals surface area contributed by atoms with Gasteiger partial charge in [0.15, 0.2) is 0 Å². The Labute approximate surface area is 246 Å². The monoisotopic (exact) mass is 604 g/mol. The van der Waals surface area contributed by atoms with Crippen molar-refractivity contribution < 1.29 is 14.3 Å². The molecule has 3 aromatic carbocycles. The average Bonchev–Trinajstić information content (AvgIpc) is 3.16. The minimum Gasteiger partial charge on any atom is -0.466 e. The summed E-state index contributed by atoms with van der Waals surface area (Å²) in [5, 5.41) is 2.62. The quantitative estimate of drug-likeness (QED) is 0.131. The normalized spacial score (nSPS) is 16.4. The summed E-state index contributed by atoms with van der Waals surface area (Å²) in [5.74, 6) is -0.218. The second kappa shape index (κ2) is 12.1. The van der Waals surface area contributed by atoms with Gasteiger partial charge >= 0.3 is 0 Å². The lowest BCUT2D eigenvalue weighted by Crippen LogP contribution is -2.47. The number of ether oxygens (including phenoxy) is 1. The molecule has 5 nitrogen and oxygen atoms in total. The van der Waals surface area contributed by atoms with E-state index in [1.807, 2.05) is 56.3 Å². The van der Waals surface area contributed by atoms with E-state index in [4.69, 9.17) is 51.8 Å². The van der Waals surface area contributed by atoms with Gasteiger partial charge < -0.3 is 10.1 Å². The number of carbonyl (C=O) groups is 2. The van der Waals surface area contributed by atoms with E-state index < -0.39 is 15.9 Å². The van der Waals surface area contributed by atoms with Gasteiger partial charge in [-0.1, -0.05) is 119 Å². The van der Waals surface area contributed by atoms with Gasteiger partial charge in [-0.15, -0.1) is 0 Å². The van der Waals surface area contributed by atoms with Crippen LogP contribution in [0.1, 0.15) is 40.0 Å². The molecule has 1 aliphatic heterocycles. The average molecular weight is 606 g/mol. The van der Waals surface area contributed by atoms with E-state index in [0.29, 0.717) is 20.5 Å². The van der Waals surface area contributed by atoms with Crippen molar-refractivity contribution in [2.75, 3.05) is 0 Å². The lowest BCUT2D eigenvalue weighted by atomic mass is 10.1. The lowest BCUT2D eigenvalue weighted by Gasteiger charge is -2.26. The van der Waals surface area contributed by atoms with Crippen molar-refractivity contribution in [2.24, 2.45) is 0 Å². The van der Waals surface area contributed by atoms with E-state index in [2.05, 4.69) is 5.32 Å². The maximum atomic E-state index is 13.1. The van der Waals surface area contributed by atoms with E-state index >= 15 is 0 Å². The van der Waals surface area contributed by atoms with Gasteiger partial charge in [-0.25, -0.2) is 0 Å². The molecule has 10 heteroatoms. The SMILES string of the molecule is Cc1ccc(C(=O)NC(Oc2ccc(C=C3SC(=S)N(C(C)c4ccccc4)C3=O)cc2)C(Cl)(Cl)Cl)cc1. The van der Waals surface area contributed by atoms with Gasteiger partial charge in [0, 0.05) is 5.56 Å². The fourth-order valence-electron chi connectivity index (χ4n) is 3.71. The Morgan fingerprint density at radius 1 is 1.03 bits per heavy atom. The highest BCUT2D eigenvalue weighted by Gasteiger charge is 2.37. The van der Waals surface area contributed by atoms with Gasteiger partial charge in [-0.3, -0.25) is 14.5 Å². The third kappa shape index (κ3) is 6.90. The molecule has 1 saturated heterocycles. The van der Waals surface area contributed by atoms with Crippen LogP contribution in [0, 0.1) is 6.92 Å². The Bertz CT molecular complexity index is 1360. The minimum absolute atomic E-state index is 0.147. The molecule has 3 aromatic rings. The molecule has 0 saturated carbocycles. The summed E-state index contributed by atoms with van der Waals surface area (Å²) in [6.07, 6.45) is 0.523. The number of hydrogen-bond acceptors (Lipinski definition) is 5. The summed E-state index contributed by atoms with van der Waals surface area (Å²) in [5.41, 5.74) is 3.19. The van der Waals surface area contributed by atoms with Gasteiger partial charge in [-0.05, 0) is 55.3 Å². The highest BCUT2D eigenvalue weighted by Crippen LogP contribution is 2.38. The molecular formula is C28H23Cl3N2O3S2. The third-order valence-electron chi connectivity index (χ3n) is 5.80.